The van der Waals surface area contributed by atoms with E-state index in [1.165, 1.54) is 31.5 Å². The van der Waals surface area contributed by atoms with Crippen molar-refractivity contribution in [2.45, 2.75) is 38.1 Å². The van der Waals surface area contributed by atoms with Gasteiger partial charge in [-0.3, -0.25) is 9.88 Å². The lowest BCUT2D eigenvalue weighted by Crippen LogP contribution is -2.41. The number of nitrogens with zero attached hydrogens (tertiary/aromatic N) is 2. The number of aliphatic hydroxyl groups excluding tert-OH is 1. The Bertz CT molecular complexity index is 313. The van der Waals surface area contributed by atoms with Crippen LogP contribution in [0.15, 0.2) is 24.4 Å². The maximum atomic E-state index is 9.08. The summed E-state index contributed by atoms with van der Waals surface area (Å²) in [6, 6.07) is 6.67. The third-order valence-electron chi connectivity index (χ3n) is 3.59. The first-order valence-electron chi connectivity index (χ1n) is 6.65. The average molecular weight is 234 g/mol. The van der Waals surface area contributed by atoms with Gasteiger partial charge in [-0.1, -0.05) is 12.5 Å². The fourth-order valence-electron chi connectivity index (χ4n) is 2.63. The number of aliphatic hydroxyl groups is 1. The fraction of sp³-hybridized carbons (Fsp3) is 0.643. The Morgan fingerprint density at radius 2 is 2.29 bits per heavy atom. The summed E-state index contributed by atoms with van der Waals surface area (Å²) < 4.78 is 0. The Labute approximate surface area is 103 Å². The molecular weight excluding hydrogens is 212 g/mol. The van der Waals surface area contributed by atoms with E-state index in [0.29, 0.717) is 12.6 Å². The first-order chi connectivity index (χ1) is 8.40. The highest BCUT2D eigenvalue weighted by atomic mass is 16.3. The molecule has 0 bridgehead atoms. The van der Waals surface area contributed by atoms with Crippen LogP contribution in [0.2, 0.25) is 0 Å². The van der Waals surface area contributed by atoms with E-state index in [2.05, 4.69) is 16.0 Å². The Hall–Kier alpha value is -0.930. The van der Waals surface area contributed by atoms with Gasteiger partial charge in [0.1, 0.15) is 0 Å². The van der Waals surface area contributed by atoms with Gasteiger partial charge >= 0.3 is 0 Å². The van der Waals surface area contributed by atoms with Gasteiger partial charge in [-0.25, -0.2) is 0 Å². The molecule has 1 N–H and O–H groups in total. The largest absolute Gasteiger partial charge is 0.396 e. The first kappa shape index (κ1) is 12.5. The molecule has 0 amide bonds. The van der Waals surface area contributed by atoms with Gasteiger partial charge in [-0.15, -0.1) is 0 Å². The Kier molecular flexibility index (Phi) is 4.95. The number of hydrogen-bond donors (Lipinski definition) is 1. The number of hydrogen-bond acceptors (Lipinski definition) is 3. The smallest absolute Gasteiger partial charge is 0.0445 e. The average Bonchev–Trinajstić information content (AvgIpc) is 2.39. The molecule has 3 heteroatoms. The lowest BCUT2D eigenvalue weighted by molar-refractivity contribution is 0.120. The van der Waals surface area contributed by atoms with Gasteiger partial charge in [0.25, 0.3) is 0 Å². The molecule has 17 heavy (non-hydrogen) atoms. The van der Waals surface area contributed by atoms with Crippen molar-refractivity contribution in [1.82, 2.24) is 9.88 Å². The van der Waals surface area contributed by atoms with Gasteiger partial charge in [0.15, 0.2) is 0 Å². The van der Waals surface area contributed by atoms with Gasteiger partial charge in [-0.05, 0) is 37.9 Å². The van der Waals surface area contributed by atoms with Crippen LogP contribution >= 0.6 is 0 Å². The Morgan fingerprint density at radius 1 is 1.35 bits per heavy atom. The van der Waals surface area contributed by atoms with E-state index in [1.54, 1.807) is 0 Å². The van der Waals surface area contributed by atoms with Crippen LogP contribution < -0.4 is 0 Å². The third-order valence-corrected chi connectivity index (χ3v) is 3.59. The van der Waals surface area contributed by atoms with Crippen molar-refractivity contribution in [3.8, 4) is 0 Å². The van der Waals surface area contributed by atoms with Gasteiger partial charge in [0.2, 0.25) is 0 Å². The van der Waals surface area contributed by atoms with E-state index in [9.17, 15) is 0 Å². The topological polar surface area (TPSA) is 36.4 Å². The second-order valence-corrected chi connectivity index (χ2v) is 4.77. The van der Waals surface area contributed by atoms with Crippen molar-refractivity contribution in [3.63, 3.8) is 0 Å². The molecule has 94 valence electrons. The summed E-state index contributed by atoms with van der Waals surface area (Å²) in [5.74, 6) is 0. The lowest BCUT2D eigenvalue weighted by Gasteiger charge is -2.35. The second kappa shape index (κ2) is 6.72. The predicted octanol–water partition coefficient (Wildman–Crippen LogP) is 1.86. The van der Waals surface area contributed by atoms with Crippen molar-refractivity contribution in [2.75, 3.05) is 19.7 Å². The predicted molar refractivity (Wildman–Crippen MR) is 68.9 cm³/mol. The monoisotopic (exact) mass is 234 g/mol. The SMILES string of the molecule is OCCC1CCCCN1CCc1ccccn1. The van der Waals surface area contributed by atoms with Gasteiger partial charge in [0.05, 0.1) is 0 Å². The molecule has 1 aliphatic rings. The lowest BCUT2D eigenvalue weighted by atomic mass is 9.99. The molecule has 3 nitrogen and oxygen atoms in total. The first-order valence-corrected chi connectivity index (χ1v) is 6.65. The van der Waals surface area contributed by atoms with E-state index < -0.39 is 0 Å². The van der Waals surface area contributed by atoms with Gasteiger partial charge < -0.3 is 5.11 Å². The van der Waals surface area contributed by atoms with E-state index >= 15 is 0 Å². The molecule has 1 atom stereocenters. The van der Waals surface area contributed by atoms with E-state index in [-0.39, 0.29) is 0 Å². The van der Waals surface area contributed by atoms with Crippen molar-refractivity contribution >= 4 is 0 Å². The van der Waals surface area contributed by atoms with E-state index in [4.69, 9.17) is 5.11 Å². The highest BCUT2D eigenvalue weighted by molar-refractivity contribution is 5.03. The van der Waals surface area contributed by atoms with Gasteiger partial charge in [-0.2, -0.15) is 0 Å². The maximum absolute atomic E-state index is 9.08. The van der Waals surface area contributed by atoms with Crippen LogP contribution in [0, 0.1) is 0 Å². The Balaban J connectivity index is 1.84. The molecule has 2 heterocycles. The summed E-state index contributed by atoms with van der Waals surface area (Å²) >= 11 is 0. The zero-order chi connectivity index (χ0) is 11.9. The zero-order valence-corrected chi connectivity index (χ0v) is 10.4. The molecular formula is C14H22N2O. The van der Waals surface area contributed by atoms with Crippen LogP contribution in [0.25, 0.3) is 0 Å². The molecule has 0 saturated carbocycles. The van der Waals surface area contributed by atoms with E-state index in [0.717, 1.165) is 19.4 Å². The van der Waals surface area contributed by atoms with Crippen LogP contribution in [0.3, 0.4) is 0 Å². The van der Waals surface area contributed by atoms with Crippen molar-refractivity contribution < 1.29 is 5.11 Å². The van der Waals surface area contributed by atoms with E-state index in [1.807, 2.05) is 18.3 Å². The second-order valence-electron chi connectivity index (χ2n) is 4.77. The molecule has 0 radical (unpaired) electrons. The molecule has 1 unspecified atom stereocenters. The number of rotatable bonds is 5. The molecule has 1 fully saturated rings. The maximum Gasteiger partial charge on any atom is 0.0445 e. The Morgan fingerprint density at radius 3 is 3.06 bits per heavy atom. The van der Waals surface area contributed by atoms with Crippen LogP contribution in [0.5, 0.6) is 0 Å². The summed E-state index contributed by atoms with van der Waals surface area (Å²) in [6.07, 6.45) is 7.64. The molecule has 1 aromatic rings. The normalized spacial score (nSPS) is 21.6. The number of aromatic nitrogens is 1. The van der Waals surface area contributed by atoms with Crippen LogP contribution in [-0.2, 0) is 6.42 Å². The summed E-state index contributed by atoms with van der Waals surface area (Å²) in [4.78, 5) is 6.88. The standard InChI is InChI=1S/C14H22N2O/c17-12-8-14-6-2-4-10-16(14)11-7-13-5-1-3-9-15-13/h1,3,5,9,14,17H,2,4,6-8,10-12H2. The van der Waals surface area contributed by atoms with Crippen molar-refractivity contribution in [3.05, 3.63) is 30.1 Å². The van der Waals surface area contributed by atoms with Crippen molar-refractivity contribution in [1.29, 1.82) is 0 Å². The molecule has 2 rings (SSSR count). The molecule has 1 aromatic heterocycles. The molecule has 1 saturated heterocycles. The molecule has 0 aromatic carbocycles. The van der Waals surface area contributed by atoms with Crippen LogP contribution in [-0.4, -0.2) is 40.7 Å². The highest BCUT2D eigenvalue weighted by Gasteiger charge is 2.21. The fourth-order valence-corrected chi connectivity index (χ4v) is 2.63. The number of likely N-dealkylation sites (tertiary alicyclic amines) is 1. The summed E-state index contributed by atoms with van der Waals surface area (Å²) in [7, 11) is 0. The molecule has 0 spiro atoms. The summed E-state index contributed by atoms with van der Waals surface area (Å²) in [6.45, 7) is 2.56. The van der Waals surface area contributed by atoms with Crippen LogP contribution in [0.4, 0.5) is 0 Å². The minimum Gasteiger partial charge on any atom is -0.396 e. The highest BCUT2D eigenvalue weighted by Crippen LogP contribution is 2.19. The quantitative estimate of drug-likeness (QED) is 0.845. The van der Waals surface area contributed by atoms with Gasteiger partial charge in [0, 0.05) is 37.5 Å². The zero-order valence-electron chi connectivity index (χ0n) is 10.4. The number of pyridine rings is 1. The molecule has 0 aliphatic carbocycles. The van der Waals surface area contributed by atoms with Crippen molar-refractivity contribution in [2.24, 2.45) is 0 Å². The molecule has 1 aliphatic heterocycles. The minimum absolute atomic E-state index is 0.310. The summed E-state index contributed by atoms with van der Waals surface area (Å²) in [5.41, 5.74) is 1.17. The summed E-state index contributed by atoms with van der Waals surface area (Å²) in [5, 5.41) is 9.08. The third kappa shape index (κ3) is 3.79. The van der Waals surface area contributed by atoms with Crippen LogP contribution in [0.1, 0.15) is 31.4 Å². The minimum atomic E-state index is 0.310. The number of piperidine rings is 1.